The van der Waals surface area contributed by atoms with Crippen LogP contribution in [0.25, 0.3) is 10.9 Å². The monoisotopic (exact) mass is 391 g/mol. The minimum absolute atomic E-state index is 0.521. The number of aromatic nitrogens is 1. The first-order chi connectivity index (χ1) is 13.7. The number of aryl methyl sites for hydroxylation is 2. The third-order valence-electron chi connectivity index (χ3n) is 5.99. The second-order valence-electron chi connectivity index (χ2n) is 7.79. The number of thiocarbonyl (C=S) groups is 1. The summed E-state index contributed by atoms with van der Waals surface area (Å²) in [6.07, 6.45) is 8.30. The van der Waals surface area contributed by atoms with Crippen LogP contribution in [0.1, 0.15) is 43.7 Å². The minimum Gasteiger partial charge on any atom is -0.350 e. The van der Waals surface area contributed by atoms with Gasteiger partial charge in [-0.3, -0.25) is 0 Å². The second-order valence-corrected chi connectivity index (χ2v) is 8.18. The molecular formula is C24H29N3S. The van der Waals surface area contributed by atoms with Crippen molar-refractivity contribution in [2.24, 2.45) is 7.05 Å². The number of nitrogens with one attached hydrogen (secondary N) is 1. The average Bonchev–Trinajstić information content (AvgIpc) is 3.35. The van der Waals surface area contributed by atoms with Gasteiger partial charge in [0.25, 0.3) is 0 Å². The first kappa shape index (κ1) is 19.0. The van der Waals surface area contributed by atoms with E-state index in [1.807, 2.05) is 0 Å². The zero-order valence-corrected chi connectivity index (χ0v) is 17.6. The number of nitrogens with zero attached hydrogens (tertiary/aromatic N) is 2. The van der Waals surface area contributed by atoms with E-state index < -0.39 is 0 Å². The summed E-state index contributed by atoms with van der Waals surface area (Å²) in [5, 5.41) is 5.74. The summed E-state index contributed by atoms with van der Waals surface area (Å²) >= 11 is 5.94. The van der Waals surface area contributed by atoms with Crippen LogP contribution in [0.5, 0.6) is 0 Å². The molecule has 0 spiro atoms. The Labute approximate surface area is 173 Å². The van der Waals surface area contributed by atoms with E-state index in [0.717, 1.165) is 23.8 Å². The van der Waals surface area contributed by atoms with E-state index in [9.17, 15) is 0 Å². The summed E-state index contributed by atoms with van der Waals surface area (Å²) in [5.41, 5.74) is 5.06. The van der Waals surface area contributed by atoms with Crippen LogP contribution in [-0.2, 0) is 20.0 Å². The average molecular weight is 392 g/mol. The molecule has 28 heavy (non-hydrogen) atoms. The minimum atomic E-state index is 0.521. The van der Waals surface area contributed by atoms with E-state index in [1.54, 1.807) is 0 Å². The molecule has 0 bridgehead atoms. The van der Waals surface area contributed by atoms with Crippen LogP contribution in [0.15, 0.2) is 54.7 Å². The number of fused-ring (bicyclic) bond motifs is 1. The van der Waals surface area contributed by atoms with Gasteiger partial charge in [-0.15, -0.1) is 0 Å². The van der Waals surface area contributed by atoms with Crippen LogP contribution in [0, 0.1) is 0 Å². The molecule has 0 atom stereocenters. The van der Waals surface area contributed by atoms with E-state index in [1.165, 1.54) is 47.7 Å². The highest BCUT2D eigenvalue weighted by molar-refractivity contribution is 7.80. The molecule has 4 rings (SSSR count). The van der Waals surface area contributed by atoms with Gasteiger partial charge in [-0.05, 0) is 54.7 Å². The lowest BCUT2D eigenvalue weighted by Crippen LogP contribution is -2.41. The Morgan fingerprint density at radius 2 is 1.79 bits per heavy atom. The number of benzene rings is 2. The smallest absolute Gasteiger partial charge is 0.173 e. The molecule has 1 N–H and O–H groups in total. The molecule has 1 aromatic heterocycles. The first-order valence-electron chi connectivity index (χ1n) is 10.4. The molecule has 2 aromatic carbocycles. The normalized spacial score (nSPS) is 14.5. The van der Waals surface area contributed by atoms with Crippen LogP contribution < -0.4 is 5.32 Å². The SMILES string of the molecule is CCc1ccccc1NC(=S)N(Cc1cn(C)c2ccccc12)C1CCCC1. The molecule has 146 valence electrons. The van der Waals surface area contributed by atoms with Crippen LogP contribution in [0.4, 0.5) is 5.69 Å². The molecule has 3 aromatic rings. The maximum atomic E-state index is 5.94. The summed E-state index contributed by atoms with van der Waals surface area (Å²) in [5.74, 6) is 0. The first-order valence-corrected chi connectivity index (χ1v) is 10.8. The summed E-state index contributed by atoms with van der Waals surface area (Å²) < 4.78 is 2.22. The van der Waals surface area contributed by atoms with Gasteiger partial charge in [0.15, 0.2) is 5.11 Å². The van der Waals surface area contributed by atoms with Crippen LogP contribution in [-0.4, -0.2) is 20.6 Å². The molecule has 0 saturated heterocycles. The summed E-state index contributed by atoms with van der Waals surface area (Å²) in [6.45, 7) is 3.04. The van der Waals surface area contributed by atoms with E-state index in [4.69, 9.17) is 12.2 Å². The van der Waals surface area contributed by atoms with Crippen molar-refractivity contribution < 1.29 is 0 Å². The van der Waals surface area contributed by atoms with E-state index in [-0.39, 0.29) is 0 Å². The fourth-order valence-electron chi connectivity index (χ4n) is 4.46. The largest absolute Gasteiger partial charge is 0.350 e. The van der Waals surface area contributed by atoms with Crippen molar-refractivity contribution in [3.63, 3.8) is 0 Å². The van der Waals surface area contributed by atoms with Gasteiger partial charge in [-0.2, -0.15) is 0 Å². The van der Waals surface area contributed by atoms with Crippen molar-refractivity contribution in [3.8, 4) is 0 Å². The van der Waals surface area contributed by atoms with Crippen LogP contribution in [0.3, 0.4) is 0 Å². The summed E-state index contributed by atoms with van der Waals surface area (Å²) in [4.78, 5) is 2.43. The van der Waals surface area contributed by atoms with E-state index >= 15 is 0 Å². The zero-order valence-electron chi connectivity index (χ0n) is 16.8. The maximum absolute atomic E-state index is 5.94. The zero-order chi connectivity index (χ0) is 19.5. The van der Waals surface area contributed by atoms with Gasteiger partial charge in [0, 0.05) is 42.4 Å². The van der Waals surface area contributed by atoms with Crippen LogP contribution in [0.2, 0.25) is 0 Å². The lowest BCUT2D eigenvalue weighted by atomic mass is 10.1. The Kier molecular flexibility index (Phi) is 5.67. The van der Waals surface area contributed by atoms with Gasteiger partial charge in [0.2, 0.25) is 0 Å². The molecule has 0 unspecified atom stereocenters. The number of anilines is 1. The maximum Gasteiger partial charge on any atom is 0.173 e. The molecule has 1 heterocycles. The van der Waals surface area contributed by atoms with Crippen molar-refractivity contribution in [2.75, 3.05) is 5.32 Å². The molecule has 0 amide bonds. The number of rotatable bonds is 5. The van der Waals surface area contributed by atoms with Crippen molar-refractivity contribution in [1.82, 2.24) is 9.47 Å². The molecule has 4 heteroatoms. The molecule has 0 radical (unpaired) electrons. The predicted octanol–water partition coefficient (Wildman–Crippen LogP) is 5.88. The van der Waals surface area contributed by atoms with Gasteiger partial charge in [0.1, 0.15) is 0 Å². The Morgan fingerprint density at radius 1 is 1.07 bits per heavy atom. The standard InChI is InChI=1S/C24H29N3S/c1-3-18-10-4-8-14-22(18)25-24(28)27(20-11-5-6-12-20)17-19-16-26(2)23-15-9-7-13-21(19)23/h4,7-10,13-16,20H,3,5-6,11-12,17H2,1-2H3,(H,25,28). The van der Waals surface area contributed by atoms with Crippen molar-refractivity contribution in [1.29, 1.82) is 0 Å². The third kappa shape index (κ3) is 3.79. The molecule has 3 nitrogen and oxygen atoms in total. The molecule has 1 aliphatic carbocycles. The number of hydrogen-bond acceptors (Lipinski definition) is 1. The van der Waals surface area contributed by atoms with Crippen molar-refractivity contribution >= 4 is 33.9 Å². The van der Waals surface area contributed by atoms with Crippen molar-refractivity contribution in [2.45, 2.75) is 51.6 Å². The Balaban J connectivity index is 1.62. The van der Waals surface area contributed by atoms with Gasteiger partial charge >= 0.3 is 0 Å². The van der Waals surface area contributed by atoms with Gasteiger partial charge < -0.3 is 14.8 Å². The molecule has 0 aliphatic heterocycles. The lowest BCUT2D eigenvalue weighted by molar-refractivity contribution is 0.313. The summed E-state index contributed by atoms with van der Waals surface area (Å²) in [7, 11) is 2.12. The van der Waals surface area contributed by atoms with Crippen LogP contribution >= 0.6 is 12.2 Å². The molecule has 1 saturated carbocycles. The Bertz CT molecular complexity index is 969. The molecule has 1 aliphatic rings. The fourth-order valence-corrected chi connectivity index (χ4v) is 4.78. The number of para-hydroxylation sites is 2. The van der Waals surface area contributed by atoms with Gasteiger partial charge in [-0.25, -0.2) is 0 Å². The lowest BCUT2D eigenvalue weighted by Gasteiger charge is -2.32. The van der Waals surface area contributed by atoms with Gasteiger partial charge in [0.05, 0.1) is 0 Å². The highest BCUT2D eigenvalue weighted by atomic mass is 32.1. The third-order valence-corrected chi connectivity index (χ3v) is 6.32. The van der Waals surface area contributed by atoms with Crippen molar-refractivity contribution in [3.05, 3.63) is 65.9 Å². The Morgan fingerprint density at radius 3 is 2.57 bits per heavy atom. The molecule has 1 fully saturated rings. The topological polar surface area (TPSA) is 20.2 Å². The second kappa shape index (κ2) is 8.36. The predicted molar refractivity (Wildman–Crippen MR) is 123 cm³/mol. The quantitative estimate of drug-likeness (QED) is 0.548. The summed E-state index contributed by atoms with van der Waals surface area (Å²) in [6, 6.07) is 17.6. The van der Waals surface area contributed by atoms with E-state index in [2.05, 4.69) is 83.5 Å². The highest BCUT2D eigenvalue weighted by Crippen LogP contribution is 2.29. The molecular weight excluding hydrogens is 362 g/mol. The van der Waals surface area contributed by atoms with Gasteiger partial charge in [-0.1, -0.05) is 56.2 Å². The van der Waals surface area contributed by atoms with E-state index in [0.29, 0.717) is 6.04 Å². The highest BCUT2D eigenvalue weighted by Gasteiger charge is 2.26. The number of hydrogen-bond donors (Lipinski definition) is 1. The fraction of sp³-hybridized carbons (Fsp3) is 0.375. The Hall–Kier alpha value is -2.33.